The average Bonchev–Trinajstić information content (AvgIpc) is 3.13. The van der Waals surface area contributed by atoms with E-state index < -0.39 is 0 Å². The number of hydrogen-bond acceptors (Lipinski definition) is 2. The topological polar surface area (TPSA) is 35.2 Å². The highest BCUT2D eigenvalue weighted by Crippen LogP contribution is 2.32. The predicted molar refractivity (Wildman–Crippen MR) is 73.8 cm³/mol. The fraction of sp³-hybridized carbons (Fsp3) is 0.571. The number of hydrogen-bond donors (Lipinski definition) is 1. The number of benzene rings is 1. The summed E-state index contributed by atoms with van der Waals surface area (Å²) in [6.07, 6.45) is 3.58. The fourth-order valence-corrected chi connectivity index (χ4v) is 2.31. The van der Waals surface area contributed by atoms with Gasteiger partial charge in [-0.05, 0) is 42.9 Å². The minimum absolute atomic E-state index is 0.0260. The van der Waals surface area contributed by atoms with Crippen LogP contribution in [0.25, 0.3) is 0 Å². The molecule has 0 radical (unpaired) electrons. The van der Waals surface area contributed by atoms with Crippen LogP contribution in [-0.2, 0) is 4.74 Å². The number of ether oxygens (including phenoxy) is 1. The van der Waals surface area contributed by atoms with Crippen LogP contribution >= 0.6 is 15.9 Å². The van der Waals surface area contributed by atoms with Gasteiger partial charge in [0.05, 0.1) is 12.7 Å². The molecule has 17 heavy (non-hydrogen) atoms. The molecule has 0 amide bonds. The van der Waals surface area contributed by atoms with Gasteiger partial charge in [0.25, 0.3) is 0 Å². The lowest BCUT2D eigenvalue weighted by Crippen LogP contribution is -2.30. The molecule has 94 valence electrons. The van der Waals surface area contributed by atoms with Crippen molar-refractivity contribution in [1.82, 2.24) is 0 Å². The van der Waals surface area contributed by atoms with Gasteiger partial charge in [-0.25, -0.2) is 0 Å². The van der Waals surface area contributed by atoms with Crippen LogP contribution in [0.3, 0.4) is 0 Å². The standard InChI is InChI=1S/C14H20BrNO/c1-2-13(16)14(17-9-10-6-7-10)11-4-3-5-12(15)8-11/h3-5,8,10,13-14H,2,6-7,9,16H2,1H3. The minimum Gasteiger partial charge on any atom is -0.372 e. The van der Waals surface area contributed by atoms with Gasteiger partial charge in [0.2, 0.25) is 0 Å². The molecule has 0 saturated heterocycles. The molecule has 0 heterocycles. The summed E-state index contributed by atoms with van der Waals surface area (Å²) in [4.78, 5) is 0. The maximum atomic E-state index is 6.17. The largest absolute Gasteiger partial charge is 0.372 e. The lowest BCUT2D eigenvalue weighted by atomic mass is 10.0. The van der Waals surface area contributed by atoms with Crippen LogP contribution in [-0.4, -0.2) is 12.6 Å². The van der Waals surface area contributed by atoms with Gasteiger partial charge in [0, 0.05) is 10.5 Å². The summed E-state index contributed by atoms with van der Waals surface area (Å²) in [6.45, 7) is 2.96. The highest BCUT2D eigenvalue weighted by molar-refractivity contribution is 9.10. The zero-order chi connectivity index (χ0) is 12.3. The van der Waals surface area contributed by atoms with Gasteiger partial charge in [0.1, 0.15) is 0 Å². The van der Waals surface area contributed by atoms with E-state index in [1.165, 1.54) is 18.4 Å². The van der Waals surface area contributed by atoms with E-state index in [9.17, 15) is 0 Å². The maximum Gasteiger partial charge on any atom is 0.0976 e. The summed E-state index contributed by atoms with van der Waals surface area (Å²) in [5.41, 5.74) is 7.34. The molecular weight excluding hydrogens is 278 g/mol. The number of halogens is 1. The zero-order valence-corrected chi connectivity index (χ0v) is 11.8. The Morgan fingerprint density at radius 3 is 2.82 bits per heavy atom. The molecule has 1 saturated carbocycles. The summed E-state index contributed by atoms with van der Waals surface area (Å²) in [7, 11) is 0. The molecule has 1 aromatic carbocycles. The van der Waals surface area contributed by atoms with Crippen LogP contribution in [0.5, 0.6) is 0 Å². The Bertz CT molecular complexity index is 365. The van der Waals surface area contributed by atoms with E-state index in [0.717, 1.165) is 23.4 Å². The second-order valence-corrected chi connectivity index (χ2v) is 5.74. The van der Waals surface area contributed by atoms with Crippen LogP contribution in [0.2, 0.25) is 0 Å². The Balaban J connectivity index is 2.07. The normalized spacial score (nSPS) is 19.0. The Labute approximate surface area is 112 Å². The molecule has 0 bridgehead atoms. The fourth-order valence-electron chi connectivity index (χ4n) is 1.89. The molecule has 1 fully saturated rings. The van der Waals surface area contributed by atoms with E-state index >= 15 is 0 Å². The maximum absolute atomic E-state index is 6.17. The van der Waals surface area contributed by atoms with Crippen LogP contribution in [0.4, 0.5) is 0 Å². The number of nitrogens with two attached hydrogens (primary N) is 1. The van der Waals surface area contributed by atoms with Gasteiger partial charge in [-0.15, -0.1) is 0 Å². The van der Waals surface area contributed by atoms with E-state index in [4.69, 9.17) is 10.5 Å². The van der Waals surface area contributed by atoms with Crippen LogP contribution in [0, 0.1) is 5.92 Å². The van der Waals surface area contributed by atoms with Crippen molar-refractivity contribution in [2.45, 2.75) is 38.3 Å². The van der Waals surface area contributed by atoms with Crippen molar-refractivity contribution in [3.8, 4) is 0 Å². The third kappa shape index (κ3) is 3.80. The first-order valence-electron chi connectivity index (χ1n) is 6.33. The van der Waals surface area contributed by atoms with Crippen molar-refractivity contribution >= 4 is 15.9 Å². The Morgan fingerprint density at radius 1 is 1.47 bits per heavy atom. The van der Waals surface area contributed by atoms with E-state index in [-0.39, 0.29) is 12.1 Å². The highest BCUT2D eigenvalue weighted by atomic mass is 79.9. The molecular formula is C14H20BrNO. The van der Waals surface area contributed by atoms with E-state index in [1.54, 1.807) is 0 Å². The first-order valence-corrected chi connectivity index (χ1v) is 7.12. The molecule has 0 spiro atoms. The van der Waals surface area contributed by atoms with E-state index in [2.05, 4.69) is 35.0 Å². The van der Waals surface area contributed by atoms with Gasteiger partial charge in [-0.3, -0.25) is 0 Å². The lowest BCUT2D eigenvalue weighted by Gasteiger charge is -2.24. The third-order valence-corrected chi connectivity index (χ3v) is 3.74. The highest BCUT2D eigenvalue weighted by Gasteiger charge is 2.26. The van der Waals surface area contributed by atoms with Crippen molar-refractivity contribution in [1.29, 1.82) is 0 Å². The SMILES string of the molecule is CCC(N)C(OCC1CC1)c1cccc(Br)c1. The molecule has 2 unspecified atom stereocenters. The summed E-state index contributed by atoms with van der Waals surface area (Å²) in [5, 5.41) is 0. The minimum atomic E-state index is 0.0260. The summed E-state index contributed by atoms with van der Waals surface area (Å²) >= 11 is 3.50. The molecule has 0 aromatic heterocycles. The van der Waals surface area contributed by atoms with Gasteiger partial charge >= 0.3 is 0 Å². The zero-order valence-electron chi connectivity index (χ0n) is 10.2. The first kappa shape index (κ1) is 13.1. The smallest absolute Gasteiger partial charge is 0.0976 e. The Kier molecular flexibility index (Phi) is 4.60. The summed E-state index contributed by atoms with van der Waals surface area (Å²) in [6, 6.07) is 8.34. The van der Waals surface area contributed by atoms with E-state index in [0.29, 0.717) is 0 Å². The molecule has 2 rings (SSSR count). The second-order valence-electron chi connectivity index (χ2n) is 4.82. The quantitative estimate of drug-likeness (QED) is 0.870. The molecule has 3 heteroatoms. The molecule has 2 nitrogen and oxygen atoms in total. The Hall–Kier alpha value is -0.380. The van der Waals surface area contributed by atoms with Crippen molar-refractivity contribution in [2.75, 3.05) is 6.61 Å². The van der Waals surface area contributed by atoms with E-state index in [1.807, 2.05) is 12.1 Å². The number of rotatable bonds is 6. The molecule has 0 aliphatic heterocycles. The Morgan fingerprint density at radius 2 is 2.24 bits per heavy atom. The molecule has 1 aromatic rings. The van der Waals surface area contributed by atoms with Gasteiger partial charge in [-0.1, -0.05) is 35.0 Å². The third-order valence-electron chi connectivity index (χ3n) is 3.25. The monoisotopic (exact) mass is 297 g/mol. The van der Waals surface area contributed by atoms with Crippen molar-refractivity contribution in [3.63, 3.8) is 0 Å². The average molecular weight is 298 g/mol. The summed E-state index contributed by atoms with van der Waals surface area (Å²) < 4.78 is 7.10. The molecule has 1 aliphatic rings. The predicted octanol–water partition coefficient (Wildman–Crippen LogP) is 3.65. The summed E-state index contributed by atoms with van der Waals surface area (Å²) in [5.74, 6) is 0.772. The van der Waals surface area contributed by atoms with Crippen LogP contribution in [0.15, 0.2) is 28.7 Å². The van der Waals surface area contributed by atoms with Crippen molar-refractivity contribution < 1.29 is 4.74 Å². The van der Waals surface area contributed by atoms with Crippen molar-refractivity contribution in [2.24, 2.45) is 11.7 Å². The lowest BCUT2D eigenvalue weighted by molar-refractivity contribution is 0.0268. The van der Waals surface area contributed by atoms with Crippen molar-refractivity contribution in [3.05, 3.63) is 34.3 Å². The second kappa shape index (κ2) is 5.98. The molecule has 2 N–H and O–H groups in total. The van der Waals surface area contributed by atoms with Gasteiger partial charge in [0.15, 0.2) is 0 Å². The van der Waals surface area contributed by atoms with Gasteiger partial charge in [-0.2, -0.15) is 0 Å². The first-order chi connectivity index (χ1) is 8.20. The molecule has 1 aliphatic carbocycles. The van der Waals surface area contributed by atoms with Gasteiger partial charge < -0.3 is 10.5 Å². The van der Waals surface area contributed by atoms with Crippen LogP contribution in [0.1, 0.15) is 37.9 Å². The molecule has 2 atom stereocenters. The van der Waals surface area contributed by atoms with Crippen LogP contribution < -0.4 is 5.73 Å².